The number of anilines is 2. The molecule has 0 saturated heterocycles. The maximum absolute atomic E-state index is 12.3. The van der Waals surface area contributed by atoms with Crippen LogP contribution in [0.25, 0.3) is 0 Å². The minimum absolute atomic E-state index is 0.274. The van der Waals surface area contributed by atoms with E-state index in [1.54, 1.807) is 37.3 Å². The van der Waals surface area contributed by atoms with Crippen LogP contribution >= 0.6 is 15.9 Å². The van der Waals surface area contributed by atoms with Crippen molar-refractivity contribution in [2.75, 3.05) is 22.9 Å². The van der Waals surface area contributed by atoms with E-state index >= 15 is 0 Å². The highest BCUT2D eigenvalue weighted by molar-refractivity contribution is 9.10. The third-order valence-corrected chi connectivity index (χ3v) is 5.90. The summed E-state index contributed by atoms with van der Waals surface area (Å²) in [5.41, 5.74) is 2.22. The largest absolute Gasteiger partial charge is 0.481 e. The van der Waals surface area contributed by atoms with Crippen molar-refractivity contribution in [2.45, 2.75) is 20.0 Å². The molecular weight excluding hydrogens is 420 g/mol. The quantitative estimate of drug-likeness (QED) is 0.744. The van der Waals surface area contributed by atoms with E-state index in [2.05, 4.69) is 21.2 Å². The van der Waals surface area contributed by atoms with Gasteiger partial charge in [-0.2, -0.15) is 0 Å². The van der Waals surface area contributed by atoms with E-state index < -0.39 is 16.1 Å². The smallest absolute Gasteiger partial charge is 0.265 e. The molecular formula is C18H21BrN2O4S. The van der Waals surface area contributed by atoms with Crippen molar-refractivity contribution in [2.24, 2.45) is 0 Å². The predicted octanol–water partition coefficient (Wildman–Crippen LogP) is 3.56. The first-order valence-electron chi connectivity index (χ1n) is 7.85. The maximum atomic E-state index is 12.3. The highest BCUT2D eigenvalue weighted by Gasteiger charge is 2.16. The van der Waals surface area contributed by atoms with Crippen LogP contribution in [0.1, 0.15) is 12.5 Å². The van der Waals surface area contributed by atoms with E-state index in [9.17, 15) is 13.2 Å². The lowest BCUT2D eigenvalue weighted by atomic mass is 10.2. The average Bonchev–Trinajstić information content (AvgIpc) is 2.57. The monoisotopic (exact) mass is 440 g/mol. The summed E-state index contributed by atoms with van der Waals surface area (Å²) in [6.07, 6.45) is 0.422. The van der Waals surface area contributed by atoms with Crippen LogP contribution in [0.5, 0.6) is 5.75 Å². The molecule has 1 amide bonds. The van der Waals surface area contributed by atoms with Gasteiger partial charge in [-0.15, -0.1) is 0 Å². The van der Waals surface area contributed by atoms with E-state index in [1.165, 1.54) is 11.4 Å². The van der Waals surface area contributed by atoms with Crippen LogP contribution in [0, 0.1) is 6.92 Å². The molecule has 1 atom stereocenters. The molecule has 0 radical (unpaired) electrons. The standard InChI is InChI=1S/C18H21BrN2O4S/c1-12-11-14(5-10-17(12)19)20-18(22)13(2)25-16-8-6-15(7-9-16)21(3)26(4,23)24/h5-11,13H,1-4H3,(H,20,22)/t13-/m1/s1. The van der Waals surface area contributed by atoms with Gasteiger partial charge in [0.2, 0.25) is 10.0 Å². The number of ether oxygens (including phenoxy) is 1. The number of nitrogens with one attached hydrogen (secondary N) is 1. The van der Waals surface area contributed by atoms with E-state index in [-0.39, 0.29) is 5.91 Å². The SMILES string of the molecule is Cc1cc(NC(=O)[C@@H](C)Oc2ccc(N(C)S(C)(=O)=O)cc2)ccc1Br. The van der Waals surface area contributed by atoms with Crippen LogP contribution < -0.4 is 14.4 Å². The number of rotatable bonds is 6. The molecule has 140 valence electrons. The van der Waals surface area contributed by atoms with Crippen LogP contribution in [0.3, 0.4) is 0 Å². The summed E-state index contributed by atoms with van der Waals surface area (Å²) in [5, 5.41) is 2.81. The van der Waals surface area contributed by atoms with Gasteiger partial charge < -0.3 is 10.1 Å². The number of hydrogen-bond donors (Lipinski definition) is 1. The molecule has 0 saturated carbocycles. The fourth-order valence-corrected chi connectivity index (χ4v) is 2.90. The molecule has 2 rings (SSSR count). The Balaban J connectivity index is 2.01. The second-order valence-corrected chi connectivity index (χ2v) is 8.81. The molecule has 1 N–H and O–H groups in total. The third kappa shape index (κ3) is 5.22. The Hall–Kier alpha value is -2.06. The van der Waals surface area contributed by atoms with Crippen molar-refractivity contribution in [3.8, 4) is 5.75 Å². The third-order valence-electron chi connectivity index (χ3n) is 3.81. The fourth-order valence-electron chi connectivity index (χ4n) is 2.15. The average molecular weight is 441 g/mol. The topological polar surface area (TPSA) is 75.7 Å². The van der Waals surface area contributed by atoms with Gasteiger partial charge in [0.05, 0.1) is 11.9 Å². The van der Waals surface area contributed by atoms with Gasteiger partial charge in [0, 0.05) is 17.2 Å². The number of nitrogens with zero attached hydrogens (tertiary/aromatic N) is 1. The minimum Gasteiger partial charge on any atom is -0.481 e. The maximum Gasteiger partial charge on any atom is 0.265 e. The van der Waals surface area contributed by atoms with Gasteiger partial charge in [0.1, 0.15) is 5.75 Å². The predicted molar refractivity (Wildman–Crippen MR) is 107 cm³/mol. The number of sulfonamides is 1. The normalized spacial score (nSPS) is 12.3. The molecule has 0 aliphatic carbocycles. The van der Waals surface area contributed by atoms with Crippen LogP contribution in [0.4, 0.5) is 11.4 Å². The first kappa shape index (κ1) is 20.3. The van der Waals surface area contributed by atoms with Crippen molar-refractivity contribution in [1.29, 1.82) is 0 Å². The lowest BCUT2D eigenvalue weighted by Crippen LogP contribution is -2.30. The second kappa shape index (κ2) is 8.09. The molecule has 8 heteroatoms. The molecule has 0 spiro atoms. The number of hydrogen-bond acceptors (Lipinski definition) is 4. The Morgan fingerprint density at radius 1 is 1.19 bits per heavy atom. The summed E-state index contributed by atoms with van der Waals surface area (Å²) < 4.78 is 30.9. The molecule has 2 aromatic carbocycles. The lowest BCUT2D eigenvalue weighted by molar-refractivity contribution is -0.122. The number of benzene rings is 2. The van der Waals surface area contributed by atoms with Crippen molar-refractivity contribution in [1.82, 2.24) is 0 Å². The van der Waals surface area contributed by atoms with Gasteiger partial charge in [0.15, 0.2) is 6.10 Å². The van der Waals surface area contributed by atoms with Crippen LogP contribution in [-0.4, -0.2) is 33.7 Å². The molecule has 6 nitrogen and oxygen atoms in total. The van der Waals surface area contributed by atoms with Crippen LogP contribution in [0.2, 0.25) is 0 Å². The van der Waals surface area contributed by atoms with Crippen molar-refractivity contribution in [3.05, 3.63) is 52.5 Å². The highest BCUT2D eigenvalue weighted by Crippen LogP contribution is 2.22. The van der Waals surface area contributed by atoms with E-state index in [1.807, 2.05) is 19.1 Å². The highest BCUT2D eigenvalue weighted by atomic mass is 79.9. The Morgan fingerprint density at radius 2 is 1.81 bits per heavy atom. The van der Waals surface area contributed by atoms with E-state index in [4.69, 9.17) is 4.74 Å². The number of carbonyl (C=O) groups is 1. The second-order valence-electron chi connectivity index (χ2n) is 5.94. The number of amides is 1. The summed E-state index contributed by atoms with van der Waals surface area (Å²) >= 11 is 3.42. The van der Waals surface area contributed by atoms with Gasteiger partial charge in [-0.05, 0) is 61.9 Å². The van der Waals surface area contributed by atoms with Gasteiger partial charge in [-0.3, -0.25) is 9.10 Å². The Bertz CT molecular complexity index is 898. The van der Waals surface area contributed by atoms with Gasteiger partial charge >= 0.3 is 0 Å². The number of aryl methyl sites for hydroxylation is 1. The zero-order valence-electron chi connectivity index (χ0n) is 15.0. The van der Waals surface area contributed by atoms with E-state index in [0.29, 0.717) is 17.1 Å². The molecule has 0 aliphatic heterocycles. The van der Waals surface area contributed by atoms with Gasteiger partial charge in [0.25, 0.3) is 5.91 Å². The van der Waals surface area contributed by atoms with E-state index in [0.717, 1.165) is 16.3 Å². The molecule has 0 bridgehead atoms. The molecule has 0 fully saturated rings. The first-order chi connectivity index (χ1) is 12.1. The first-order valence-corrected chi connectivity index (χ1v) is 10.5. The zero-order chi connectivity index (χ0) is 19.5. The molecule has 0 aliphatic rings. The van der Waals surface area contributed by atoms with Crippen molar-refractivity contribution >= 4 is 43.2 Å². The van der Waals surface area contributed by atoms with Crippen molar-refractivity contribution in [3.63, 3.8) is 0 Å². The summed E-state index contributed by atoms with van der Waals surface area (Å²) in [6.45, 7) is 3.59. The Morgan fingerprint density at radius 3 is 2.35 bits per heavy atom. The molecule has 0 aromatic heterocycles. The summed E-state index contributed by atoms with van der Waals surface area (Å²) in [5.74, 6) is 0.203. The molecule has 26 heavy (non-hydrogen) atoms. The summed E-state index contributed by atoms with van der Waals surface area (Å²) in [6, 6.07) is 12.0. The fraction of sp³-hybridized carbons (Fsp3) is 0.278. The van der Waals surface area contributed by atoms with Gasteiger partial charge in [-0.1, -0.05) is 15.9 Å². The minimum atomic E-state index is -3.32. The summed E-state index contributed by atoms with van der Waals surface area (Å²) in [4.78, 5) is 12.3. The number of halogens is 1. The lowest BCUT2D eigenvalue weighted by Gasteiger charge is -2.18. The Labute approximate surface area is 162 Å². The molecule has 2 aromatic rings. The summed E-state index contributed by atoms with van der Waals surface area (Å²) in [7, 11) is -1.85. The zero-order valence-corrected chi connectivity index (χ0v) is 17.4. The van der Waals surface area contributed by atoms with Crippen molar-refractivity contribution < 1.29 is 17.9 Å². The Kier molecular flexibility index (Phi) is 6.30. The van der Waals surface area contributed by atoms with Gasteiger partial charge in [-0.25, -0.2) is 8.42 Å². The van der Waals surface area contributed by atoms with Crippen LogP contribution in [-0.2, 0) is 14.8 Å². The molecule has 0 heterocycles. The molecule has 0 unspecified atom stereocenters. The number of carbonyl (C=O) groups excluding carboxylic acids is 1. The van der Waals surface area contributed by atoms with Crippen LogP contribution in [0.15, 0.2) is 46.9 Å².